The molecule has 1 saturated heterocycles. The van der Waals surface area contributed by atoms with Crippen LogP contribution in [-0.2, 0) is 9.59 Å². The molecule has 0 bridgehead atoms. The second-order valence-electron chi connectivity index (χ2n) is 5.16. The molecule has 0 radical (unpaired) electrons. The minimum atomic E-state index is -0.787. The lowest BCUT2D eigenvalue weighted by atomic mass is 9.97. The van der Waals surface area contributed by atoms with E-state index in [-0.39, 0.29) is 11.8 Å². The number of aliphatic carboxylic acids is 1. The Morgan fingerprint density at radius 3 is 2.62 bits per heavy atom. The highest BCUT2D eigenvalue weighted by atomic mass is 35.5. The summed E-state index contributed by atoms with van der Waals surface area (Å²) in [6, 6.07) is 6.89. The van der Waals surface area contributed by atoms with E-state index in [0.29, 0.717) is 36.7 Å². The number of benzene rings is 1. The normalized spacial score (nSPS) is 17.3. The second-order valence-corrected chi connectivity index (χ2v) is 5.59. The number of carboxylic acids is 1. The molecule has 1 aliphatic heterocycles. The van der Waals surface area contributed by atoms with Gasteiger partial charge in [-0.3, -0.25) is 9.59 Å². The number of halogens is 1. The number of ether oxygens (including phenoxy) is 1. The van der Waals surface area contributed by atoms with Gasteiger partial charge in [-0.15, -0.1) is 0 Å². The molecular weight excluding hydrogens is 294 g/mol. The molecule has 0 saturated carbocycles. The Hall–Kier alpha value is -1.75. The summed E-state index contributed by atoms with van der Waals surface area (Å²) in [7, 11) is 0. The molecule has 1 aromatic rings. The molecule has 0 aromatic heterocycles. The fraction of sp³-hybridized carbons (Fsp3) is 0.467. The number of rotatable bonds is 4. The van der Waals surface area contributed by atoms with E-state index in [4.69, 9.17) is 21.4 Å². The van der Waals surface area contributed by atoms with Gasteiger partial charge in [0.15, 0.2) is 6.10 Å². The van der Waals surface area contributed by atoms with Gasteiger partial charge in [-0.25, -0.2) is 0 Å². The average molecular weight is 312 g/mol. The second kappa shape index (κ2) is 6.80. The monoisotopic (exact) mass is 311 g/mol. The summed E-state index contributed by atoms with van der Waals surface area (Å²) >= 11 is 5.87. The highest BCUT2D eigenvalue weighted by molar-refractivity contribution is 6.30. The van der Waals surface area contributed by atoms with E-state index >= 15 is 0 Å². The van der Waals surface area contributed by atoms with Gasteiger partial charge in [0.25, 0.3) is 5.91 Å². The molecule has 5 nitrogen and oxygen atoms in total. The zero-order chi connectivity index (χ0) is 15.4. The van der Waals surface area contributed by atoms with Gasteiger partial charge in [-0.05, 0) is 38.0 Å². The van der Waals surface area contributed by atoms with Crippen LogP contribution in [0.2, 0.25) is 5.02 Å². The third kappa shape index (κ3) is 4.11. The highest BCUT2D eigenvalue weighted by Crippen LogP contribution is 2.21. The maximum absolute atomic E-state index is 12.3. The molecule has 0 aliphatic carbocycles. The van der Waals surface area contributed by atoms with Crippen LogP contribution in [0.4, 0.5) is 0 Å². The minimum Gasteiger partial charge on any atom is -0.481 e. The van der Waals surface area contributed by atoms with Crippen molar-refractivity contribution in [2.75, 3.05) is 13.1 Å². The summed E-state index contributed by atoms with van der Waals surface area (Å²) in [5.41, 5.74) is 0. The first-order chi connectivity index (χ1) is 9.97. The summed E-state index contributed by atoms with van der Waals surface area (Å²) in [5, 5.41) is 9.50. The van der Waals surface area contributed by atoms with Crippen molar-refractivity contribution in [3.05, 3.63) is 29.3 Å². The summed E-state index contributed by atoms with van der Waals surface area (Å²) in [5.74, 6) is -0.717. The van der Waals surface area contributed by atoms with Crippen molar-refractivity contribution in [2.45, 2.75) is 25.9 Å². The quantitative estimate of drug-likeness (QED) is 0.927. The molecule has 1 heterocycles. The van der Waals surface area contributed by atoms with Gasteiger partial charge < -0.3 is 14.7 Å². The van der Waals surface area contributed by atoms with E-state index in [1.54, 1.807) is 36.1 Å². The minimum absolute atomic E-state index is 0.126. The van der Waals surface area contributed by atoms with Crippen LogP contribution in [0.1, 0.15) is 19.8 Å². The zero-order valence-corrected chi connectivity index (χ0v) is 12.5. The molecule has 0 spiro atoms. The number of carbonyl (C=O) groups excluding carboxylic acids is 1. The third-order valence-corrected chi connectivity index (χ3v) is 3.85. The highest BCUT2D eigenvalue weighted by Gasteiger charge is 2.29. The van der Waals surface area contributed by atoms with Crippen LogP contribution < -0.4 is 4.74 Å². The molecule has 114 valence electrons. The van der Waals surface area contributed by atoms with Crippen LogP contribution in [0.3, 0.4) is 0 Å². The van der Waals surface area contributed by atoms with E-state index in [1.807, 2.05) is 0 Å². The van der Waals surface area contributed by atoms with Crippen molar-refractivity contribution in [3.8, 4) is 5.75 Å². The van der Waals surface area contributed by atoms with Gasteiger partial charge in [0, 0.05) is 18.1 Å². The van der Waals surface area contributed by atoms with Gasteiger partial charge in [0.1, 0.15) is 5.75 Å². The zero-order valence-electron chi connectivity index (χ0n) is 11.8. The van der Waals surface area contributed by atoms with Crippen molar-refractivity contribution in [2.24, 2.45) is 5.92 Å². The summed E-state index contributed by atoms with van der Waals surface area (Å²) < 4.78 is 5.59. The lowest BCUT2D eigenvalue weighted by Gasteiger charge is -2.32. The van der Waals surface area contributed by atoms with E-state index in [0.717, 1.165) is 0 Å². The number of carboxylic acid groups (broad SMARTS) is 1. The standard InChI is InChI=1S/C15H18ClNO4/c1-10(21-13-4-2-3-12(16)9-13)14(18)17-7-5-11(6-8-17)15(19)20/h2-4,9-11H,5-8H2,1H3,(H,19,20)/t10-/m0/s1. The van der Waals surface area contributed by atoms with Gasteiger partial charge in [-0.2, -0.15) is 0 Å². The molecule has 21 heavy (non-hydrogen) atoms. The molecule has 1 aromatic carbocycles. The Labute approximate surface area is 128 Å². The fourth-order valence-electron chi connectivity index (χ4n) is 2.40. The van der Waals surface area contributed by atoms with E-state index in [2.05, 4.69) is 0 Å². The van der Waals surface area contributed by atoms with Crippen LogP contribution >= 0.6 is 11.6 Å². The third-order valence-electron chi connectivity index (χ3n) is 3.61. The number of hydrogen-bond donors (Lipinski definition) is 1. The van der Waals surface area contributed by atoms with Gasteiger partial charge >= 0.3 is 5.97 Å². The van der Waals surface area contributed by atoms with Crippen LogP contribution in [0.5, 0.6) is 5.75 Å². The van der Waals surface area contributed by atoms with Crippen LogP contribution in [0, 0.1) is 5.92 Å². The van der Waals surface area contributed by atoms with Gasteiger partial charge in [-0.1, -0.05) is 17.7 Å². The molecule has 1 aliphatic rings. The lowest BCUT2D eigenvalue weighted by Crippen LogP contribution is -2.45. The number of hydrogen-bond acceptors (Lipinski definition) is 3. The number of piperidine rings is 1. The first-order valence-corrected chi connectivity index (χ1v) is 7.29. The largest absolute Gasteiger partial charge is 0.481 e. The van der Waals surface area contributed by atoms with Crippen molar-refractivity contribution >= 4 is 23.5 Å². The van der Waals surface area contributed by atoms with E-state index in [9.17, 15) is 9.59 Å². The molecular formula is C15H18ClNO4. The van der Waals surface area contributed by atoms with Gasteiger partial charge in [0.2, 0.25) is 0 Å². The predicted molar refractivity (Wildman–Crippen MR) is 78.5 cm³/mol. The van der Waals surface area contributed by atoms with Crippen LogP contribution in [-0.4, -0.2) is 41.1 Å². The Morgan fingerprint density at radius 2 is 2.05 bits per heavy atom. The number of amides is 1. The number of nitrogens with zero attached hydrogens (tertiary/aromatic N) is 1. The summed E-state index contributed by atoms with van der Waals surface area (Å²) in [4.78, 5) is 24.8. The Morgan fingerprint density at radius 1 is 1.38 bits per heavy atom. The molecule has 1 amide bonds. The molecule has 1 N–H and O–H groups in total. The van der Waals surface area contributed by atoms with Crippen molar-refractivity contribution in [1.29, 1.82) is 0 Å². The molecule has 1 atom stereocenters. The topological polar surface area (TPSA) is 66.8 Å². The maximum atomic E-state index is 12.3. The van der Waals surface area contributed by atoms with Crippen molar-refractivity contribution in [3.63, 3.8) is 0 Å². The molecule has 6 heteroatoms. The molecule has 0 unspecified atom stereocenters. The van der Waals surface area contributed by atoms with Crippen LogP contribution in [0.25, 0.3) is 0 Å². The SMILES string of the molecule is C[C@H](Oc1cccc(Cl)c1)C(=O)N1CCC(C(=O)O)CC1. The lowest BCUT2D eigenvalue weighted by molar-refractivity contribution is -0.147. The number of likely N-dealkylation sites (tertiary alicyclic amines) is 1. The Balaban J connectivity index is 1.90. The van der Waals surface area contributed by atoms with Crippen molar-refractivity contribution in [1.82, 2.24) is 4.90 Å². The van der Waals surface area contributed by atoms with E-state index in [1.165, 1.54) is 0 Å². The first-order valence-electron chi connectivity index (χ1n) is 6.91. The first kappa shape index (κ1) is 15.6. The molecule has 1 fully saturated rings. The Bertz CT molecular complexity index is 526. The van der Waals surface area contributed by atoms with Crippen molar-refractivity contribution < 1.29 is 19.4 Å². The smallest absolute Gasteiger partial charge is 0.306 e. The van der Waals surface area contributed by atoms with E-state index < -0.39 is 12.1 Å². The predicted octanol–water partition coefficient (Wildman–Crippen LogP) is 2.43. The Kier molecular flexibility index (Phi) is 5.07. The summed E-state index contributed by atoms with van der Waals surface area (Å²) in [6.45, 7) is 2.60. The summed E-state index contributed by atoms with van der Waals surface area (Å²) in [6.07, 6.45) is 0.362. The average Bonchev–Trinajstić information content (AvgIpc) is 2.46. The number of carbonyl (C=O) groups is 2. The fourth-order valence-corrected chi connectivity index (χ4v) is 2.58. The van der Waals surface area contributed by atoms with Crippen LogP contribution in [0.15, 0.2) is 24.3 Å². The van der Waals surface area contributed by atoms with Gasteiger partial charge in [0.05, 0.1) is 5.92 Å². The molecule has 2 rings (SSSR count). The maximum Gasteiger partial charge on any atom is 0.306 e.